The minimum absolute atomic E-state index is 0.128. The minimum Gasteiger partial charge on any atom is -0.361 e. The van der Waals surface area contributed by atoms with E-state index in [-0.39, 0.29) is 11.5 Å². The summed E-state index contributed by atoms with van der Waals surface area (Å²) in [6.07, 6.45) is 0.342. The van der Waals surface area contributed by atoms with Crippen LogP contribution in [-0.2, 0) is 4.79 Å². The lowest BCUT2D eigenvalue weighted by Crippen LogP contribution is -2.15. The molecule has 0 aliphatic rings. The average Bonchev–Trinajstić information content (AvgIpc) is 2.20. The summed E-state index contributed by atoms with van der Waals surface area (Å²) in [6.45, 7) is 1.73. The lowest BCUT2D eigenvalue weighted by atomic mass is 10.1. The van der Waals surface area contributed by atoms with Gasteiger partial charge in [-0.25, -0.2) is 0 Å². The summed E-state index contributed by atoms with van der Waals surface area (Å²) in [5.74, 6) is -0.159. The van der Waals surface area contributed by atoms with E-state index in [2.05, 4.69) is 4.79 Å². The Bertz CT molecular complexity index is 350. The highest BCUT2D eigenvalue weighted by Gasteiger charge is 2.19. The van der Waals surface area contributed by atoms with Crippen LogP contribution in [0.15, 0.2) is 30.3 Å². The van der Waals surface area contributed by atoms with Gasteiger partial charge in [0.25, 0.3) is 0 Å². The Balaban J connectivity index is 3.07. The number of carbonyl (C=O) groups is 1. The van der Waals surface area contributed by atoms with Crippen LogP contribution in [0.4, 0.5) is 0 Å². The molecule has 3 heteroatoms. The number of carbonyl (C=O) groups excluding carboxylic acids is 1. The summed E-state index contributed by atoms with van der Waals surface area (Å²) in [6, 6.07) is 8.91. The van der Waals surface area contributed by atoms with E-state index in [0.29, 0.717) is 12.0 Å². The zero-order chi connectivity index (χ0) is 9.68. The second kappa shape index (κ2) is 4.33. The van der Waals surface area contributed by atoms with Crippen LogP contribution in [0.1, 0.15) is 18.9 Å². The summed E-state index contributed by atoms with van der Waals surface area (Å²) >= 11 is 0. The van der Waals surface area contributed by atoms with Crippen LogP contribution < -0.4 is 0 Å². The highest BCUT2D eigenvalue weighted by Crippen LogP contribution is 2.01. The standard InChI is InChI=1S/C10H10N2O/c1-2-9(13)10(12-11)8-6-4-3-5-7-8/h3-7H,2H2,1H3. The van der Waals surface area contributed by atoms with E-state index in [1.807, 2.05) is 6.07 Å². The van der Waals surface area contributed by atoms with Gasteiger partial charge in [-0.05, 0) is 12.1 Å². The van der Waals surface area contributed by atoms with Crippen LogP contribution in [-0.4, -0.2) is 16.3 Å². The molecule has 0 saturated heterocycles. The molecule has 1 aromatic rings. The molecular weight excluding hydrogens is 164 g/mol. The van der Waals surface area contributed by atoms with E-state index >= 15 is 0 Å². The summed E-state index contributed by atoms with van der Waals surface area (Å²) < 4.78 is 0. The van der Waals surface area contributed by atoms with Crippen molar-refractivity contribution in [2.24, 2.45) is 0 Å². The molecule has 0 aliphatic heterocycles. The molecule has 0 atom stereocenters. The van der Waals surface area contributed by atoms with Crippen molar-refractivity contribution in [1.82, 2.24) is 0 Å². The van der Waals surface area contributed by atoms with E-state index < -0.39 is 0 Å². The first kappa shape index (κ1) is 9.36. The lowest BCUT2D eigenvalue weighted by Gasteiger charge is -1.92. The Hall–Kier alpha value is -1.73. The van der Waals surface area contributed by atoms with Crippen molar-refractivity contribution in [3.05, 3.63) is 41.4 Å². The average molecular weight is 174 g/mol. The molecular formula is C10H10N2O. The maximum absolute atomic E-state index is 11.3. The Morgan fingerprint density at radius 2 is 2.00 bits per heavy atom. The Morgan fingerprint density at radius 1 is 1.38 bits per heavy atom. The molecule has 0 saturated carbocycles. The second-order valence-electron chi connectivity index (χ2n) is 2.59. The van der Waals surface area contributed by atoms with Crippen LogP contribution in [0.25, 0.3) is 5.53 Å². The van der Waals surface area contributed by atoms with E-state index in [1.165, 1.54) is 0 Å². The van der Waals surface area contributed by atoms with Crippen molar-refractivity contribution in [3.8, 4) is 0 Å². The molecule has 0 bridgehead atoms. The summed E-state index contributed by atoms with van der Waals surface area (Å²) in [5.41, 5.74) is 9.43. The Labute approximate surface area is 76.6 Å². The number of rotatable bonds is 3. The van der Waals surface area contributed by atoms with Crippen molar-refractivity contribution in [2.45, 2.75) is 13.3 Å². The SMILES string of the molecule is CCC(=O)C(=[N+]=[N-])c1ccccc1. The number of hydrogen-bond acceptors (Lipinski definition) is 1. The predicted molar refractivity (Wildman–Crippen MR) is 49.5 cm³/mol. The van der Waals surface area contributed by atoms with Gasteiger partial charge in [-0.15, -0.1) is 0 Å². The van der Waals surface area contributed by atoms with Crippen LogP contribution in [0.5, 0.6) is 0 Å². The van der Waals surface area contributed by atoms with Crippen molar-refractivity contribution in [3.63, 3.8) is 0 Å². The van der Waals surface area contributed by atoms with Gasteiger partial charge in [0.05, 0.1) is 5.56 Å². The molecule has 0 fully saturated rings. The third kappa shape index (κ3) is 2.10. The molecule has 66 valence electrons. The fourth-order valence-electron chi connectivity index (χ4n) is 1.04. The van der Waals surface area contributed by atoms with E-state index in [9.17, 15) is 4.79 Å². The van der Waals surface area contributed by atoms with Gasteiger partial charge in [0.2, 0.25) is 5.78 Å². The van der Waals surface area contributed by atoms with Gasteiger partial charge in [-0.3, -0.25) is 4.79 Å². The summed E-state index contributed by atoms with van der Waals surface area (Å²) in [5, 5.41) is 0. The van der Waals surface area contributed by atoms with Gasteiger partial charge in [0.15, 0.2) is 0 Å². The first-order valence-electron chi connectivity index (χ1n) is 4.10. The monoisotopic (exact) mass is 174 g/mol. The molecule has 0 amide bonds. The smallest absolute Gasteiger partial charge is 0.361 e. The molecule has 0 spiro atoms. The van der Waals surface area contributed by atoms with Crippen LogP contribution in [0.2, 0.25) is 0 Å². The van der Waals surface area contributed by atoms with Crippen molar-refractivity contribution in [2.75, 3.05) is 0 Å². The maximum Gasteiger partial charge on any atom is 0.364 e. The number of Topliss-reactive ketones (excluding diaryl/α,β-unsaturated/α-hetero) is 1. The topological polar surface area (TPSA) is 53.5 Å². The number of nitrogens with zero attached hydrogens (tertiary/aromatic N) is 2. The van der Waals surface area contributed by atoms with Crippen LogP contribution in [0.3, 0.4) is 0 Å². The highest BCUT2D eigenvalue weighted by molar-refractivity contribution is 6.43. The molecule has 0 N–H and O–H groups in total. The van der Waals surface area contributed by atoms with E-state index in [0.717, 1.165) is 0 Å². The molecule has 1 rings (SSSR count). The molecule has 0 radical (unpaired) electrons. The van der Waals surface area contributed by atoms with E-state index in [4.69, 9.17) is 5.53 Å². The first-order valence-corrected chi connectivity index (χ1v) is 4.10. The third-order valence-corrected chi connectivity index (χ3v) is 1.73. The molecule has 13 heavy (non-hydrogen) atoms. The predicted octanol–water partition coefficient (Wildman–Crippen LogP) is 1.68. The normalized spacial score (nSPS) is 9.00. The van der Waals surface area contributed by atoms with Crippen molar-refractivity contribution >= 4 is 11.5 Å². The number of ketones is 1. The molecule has 1 aromatic carbocycles. The third-order valence-electron chi connectivity index (χ3n) is 1.73. The summed E-state index contributed by atoms with van der Waals surface area (Å²) in [4.78, 5) is 14.2. The number of hydrogen-bond donors (Lipinski definition) is 0. The zero-order valence-corrected chi connectivity index (χ0v) is 7.40. The Kier molecular flexibility index (Phi) is 3.12. The fourth-order valence-corrected chi connectivity index (χ4v) is 1.04. The van der Waals surface area contributed by atoms with Gasteiger partial charge in [0.1, 0.15) is 0 Å². The largest absolute Gasteiger partial charge is 0.364 e. The molecule has 0 unspecified atom stereocenters. The van der Waals surface area contributed by atoms with Gasteiger partial charge >= 0.3 is 5.71 Å². The maximum atomic E-state index is 11.3. The number of benzene rings is 1. The molecule has 3 nitrogen and oxygen atoms in total. The van der Waals surface area contributed by atoms with Crippen molar-refractivity contribution in [1.29, 1.82) is 0 Å². The van der Waals surface area contributed by atoms with Crippen LogP contribution >= 0.6 is 0 Å². The van der Waals surface area contributed by atoms with Gasteiger partial charge in [-0.2, -0.15) is 4.79 Å². The quantitative estimate of drug-likeness (QED) is 0.390. The first-order chi connectivity index (χ1) is 6.29. The Morgan fingerprint density at radius 3 is 2.46 bits per heavy atom. The lowest BCUT2D eigenvalue weighted by molar-refractivity contribution is -0.116. The summed E-state index contributed by atoms with van der Waals surface area (Å²) in [7, 11) is 0. The van der Waals surface area contributed by atoms with Crippen molar-refractivity contribution < 1.29 is 9.58 Å². The minimum atomic E-state index is -0.159. The fraction of sp³-hybridized carbons (Fsp3) is 0.200. The molecule has 0 aliphatic carbocycles. The second-order valence-corrected chi connectivity index (χ2v) is 2.59. The molecule has 0 aromatic heterocycles. The highest BCUT2D eigenvalue weighted by atomic mass is 16.1. The zero-order valence-electron chi connectivity index (χ0n) is 7.40. The van der Waals surface area contributed by atoms with Crippen LogP contribution in [0, 0.1) is 0 Å². The van der Waals surface area contributed by atoms with Gasteiger partial charge in [0, 0.05) is 6.42 Å². The van der Waals surface area contributed by atoms with E-state index in [1.54, 1.807) is 31.2 Å². The van der Waals surface area contributed by atoms with Gasteiger partial charge in [-0.1, -0.05) is 25.1 Å². The van der Waals surface area contributed by atoms with Gasteiger partial charge < -0.3 is 5.53 Å². The molecule has 0 heterocycles.